The van der Waals surface area contributed by atoms with Gasteiger partial charge in [0.05, 0.1) is 0 Å². The van der Waals surface area contributed by atoms with Crippen LogP contribution in [0.15, 0.2) is 10.5 Å². The number of aromatic hydroxyl groups is 1. The summed E-state index contributed by atoms with van der Waals surface area (Å²) in [6.45, 7) is 5.11. The molecule has 0 aliphatic carbocycles. The van der Waals surface area contributed by atoms with E-state index in [-0.39, 0.29) is 0 Å². The van der Waals surface area contributed by atoms with E-state index >= 15 is 0 Å². The van der Waals surface area contributed by atoms with Gasteiger partial charge in [0, 0.05) is 16.1 Å². The Hall–Kier alpha value is -0.540. The molecule has 0 saturated carbocycles. The molecule has 0 radical (unpaired) electrons. The lowest BCUT2D eigenvalue weighted by Gasteiger charge is -2.18. The standard InChI is InChI=1S/C12H16BrNO/c1-7-6-10(15)11(8(2)12(7)13)9-4-3-5-14-9/h6,9,14-15H,3-5H2,1-2H3. The minimum atomic E-state index is 0.321. The monoisotopic (exact) mass is 269 g/mol. The van der Waals surface area contributed by atoms with Crippen molar-refractivity contribution in [1.82, 2.24) is 5.32 Å². The van der Waals surface area contributed by atoms with Gasteiger partial charge in [0.2, 0.25) is 0 Å². The van der Waals surface area contributed by atoms with Crippen LogP contribution in [0.2, 0.25) is 0 Å². The average molecular weight is 270 g/mol. The molecule has 1 aromatic carbocycles. The van der Waals surface area contributed by atoms with E-state index in [0.717, 1.165) is 34.1 Å². The Balaban J connectivity index is 2.50. The van der Waals surface area contributed by atoms with Crippen LogP contribution in [-0.4, -0.2) is 11.7 Å². The second-order valence-electron chi connectivity index (χ2n) is 4.21. The van der Waals surface area contributed by atoms with Crippen molar-refractivity contribution in [2.24, 2.45) is 0 Å². The molecule has 1 aliphatic rings. The van der Waals surface area contributed by atoms with Crippen molar-refractivity contribution in [3.63, 3.8) is 0 Å². The van der Waals surface area contributed by atoms with Crippen molar-refractivity contribution >= 4 is 15.9 Å². The Morgan fingerprint density at radius 3 is 2.80 bits per heavy atom. The van der Waals surface area contributed by atoms with Crippen LogP contribution in [0.3, 0.4) is 0 Å². The molecule has 0 amide bonds. The first-order valence-corrected chi connectivity index (χ1v) is 6.12. The second-order valence-corrected chi connectivity index (χ2v) is 5.01. The van der Waals surface area contributed by atoms with Gasteiger partial charge in [-0.05, 0) is 50.4 Å². The third kappa shape index (κ3) is 1.91. The van der Waals surface area contributed by atoms with Gasteiger partial charge in [-0.1, -0.05) is 15.9 Å². The van der Waals surface area contributed by atoms with Crippen molar-refractivity contribution in [3.8, 4) is 5.75 Å². The molecule has 2 N–H and O–H groups in total. The predicted octanol–water partition coefficient (Wildman–Crippen LogP) is 3.20. The minimum absolute atomic E-state index is 0.321. The summed E-state index contributed by atoms with van der Waals surface area (Å²) in [4.78, 5) is 0. The minimum Gasteiger partial charge on any atom is -0.508 e. The number of nitrogens with one attached hydrogen (secondary N) is 1. The smallest absolute Gasteiger partial charge is 0.120 e. The number of aryl methyl sites for hydroxylation is 1. The fourth-order valence-electron chi connectivity index (χ4n) is 2.32. The number of rotatable bonds is 1. The van der Waals surface area contributed by atoms with Crippen LogP contribution < -0.4 is 5.32 Å². The quantitative estimate of drug-likeness (QED) is 0.821. The summed E-state index contributed by atoms with van der Waals surface area (Å²) in [7, 11) is 0. The van der Waals surface area contributed by atoms with Crippen LogP contribution in [0.5, 0.6) is 5.75 Å². The highest BCUT2D eigenvalue weighted by molar-refractivity contribution is 9.10. The largest absolute Gasteiger partial charge is 0.508 e. The van der Waals surface area contributed by atoms with Crippen LogP contribution in [0.25, 0.3) is 0 Å². The molecule has 82 valence electrons. The van der Waals surface area contributed by atoms with Gasteiger partial charge in [-0.2, -0.15) is 0 Å². The van der Waals surface area contributed by atoms with E-state index < -0.39 is 0 Å². The normalized spacial score (nSPS) is 20.9. The average Bonchev–Trinajstić information content (AvgIpc) is 2.68. The first-order valence-electron chi connectivity index (χ1n) is 5.33. The van der Waals surface area contributed by atoms with Crippen molar-refractivity contribution in [1.29, 1.82) is 0 Å². The zero-order valence-electron chi connectivity index (χ0n) is 9.10. The second kappa shape index (κ2) is 4.14. The summed E-state index contributed by atoms with van der Waals surface area (Å²) in [5, 5.41) is 13.4. The van der Waals surface area contributed by atoms with Gasteiger partial charge in [0.1, 0.15) is 5.75 Å². The molecule has 1 saturated heterocycles. The Labute approximate surface area is 98.8 Å². The molecule has 3 heteroatoms. The maximum Gasteiger partial charge on any atom is 0.120 e. The van der Waals surface area contributed by atoms with Crippen molar-refractivity contribution in [2.75, 3.05) is 6.54 Å². The zero-order chi connectivity index (χ0) is 11.0. The molecule has 1 heterocycles. The van der Waals surface area contributed by atoms with Crippen LogP contribution in [0.1, 0.15) is 35.6 Å². The fraction of sp³-hybridized carbons (Fsp3) is 0.500. The number of halogens is 1. The molecule has 15 heavy (non-hydrogen) atoms. The van der Waals surface area contributed by atoms with E-state index in [9.17, 15) is 5.11 Å². The zero-order valence-corrected chi connectivity index (χ0v) is 10.7. The van der Waals surface area contributed by atoms with Crippen LogP contribution in [-0.2, 0) is 0 Å². The highest BCUT2D eigenvalue weighted by Crippen LogP contribution is 2.37. The molecule has 2 rings (SSSR count). The summed E-state index contributed by atoms with van der Waals surface area (Å²) in [6.07, 6.45) is 2.30. The summed E-state index contributed by atoms with van der Waals surface area (Å²) < 4.78 is 1.11. The lowest BCUT2D eigenvalue weighted by atomic mass is 9.97. The van der Waals surface area contributed by atoms with Crippen molar-refractivity contribution in [2.45, 2.75) is 32.7 Å². The third-order valence-corrected chi connectivity index (χ3v) is 4.34. The van der Waals surface area contributed by atoms with Gasteiger partial charge in [-0.15, -0.1) is 0 Å². The van der Waals surface area contributed by atoms with Crippen LogP contribution in [0.4, 0.5) is 0 Å². The summed E-state index contributed by atoms with van der Waals surface area (Å²) in [6, 6.07) is 2.16. The first kappa shape index (κ1) is 11.0. The number of phenolic OH excluding ortho intramolecular Hbond substituents is 1. The third-order valence-electron chi connectivity index (χ3n) is 3.12. The Kier molecular flexibility index (Phi) is 3.03. The topological polar surface area (TPSA) is 32.3 Å². The number of hydrogen-bond acceptors (Lipinski definition) is 2. The van der Waals surface area contributed by atoms with Gasteiger partial charge in [-0.3, -0.25) is 0 Å². The SMILES string of the molecule is Cc1cc(O)c(C2CCCN2)c(C)c1Br. The molecule has 0 bridgehead atoms. The Bertz CT molecular complexity index is 384. The van der Waals surface area contributed by atoms with Gasteiger partial charge in [0.15, 0.2) is 0 Å². The fourth-order valence-corrected chi connectivity index (χ4v) is 2.65. The molecule has 1 aromatic rings. The van der Waals surface area contributed by atoms with Crippen LogP contribution >= 0.6 is 15.9 Å². The van der Waals surface area contributed by atoms with Crippen LogP contribution in [0, 0.1) is 13.8 Å². The molecular weight excluding hydrogens is 254 g/mol. The maximum atomic E-state index is 10.00. The van der Waals surface area contributed by atoms with E-state index in [1.54, 1.807) is 0 Å². The van der Waals surface area contributed by atoms with Gasteiger partial charge < -0.3 is 10.4 Å². The highest BCUT2D eigenvalue weighted by atomic mass is 79.9. The maximum absolute atomic E-state index is 10.00. The van der Waals surface area contributed by atoms with E-state index in [0.29, 0.717) is 11.8 Å². The Morgan fingerprint density at radius 2 is 2.20 bits per heavy atom. The van der Waals surface area contributed by atoms with E-state index in [4.69, 9.17) is 0 Å². The number of hydrogen-bond donors (Lipinski definition) is 2. The van der Waals surface area contributed by atoms with Gasteiger partial charge in [0.25, 0.3) is 0 Å². The lowest BCUT2D eigenvalue weighted by molar-refractivity contribution is 0.455. The molecule has 1 aliphatic heterocycles. The molecule has 0 aromatic heterocycles. The Morgan fingerprint density at radius 1 is 1.47 bits per heavy atom. The lowest BCUT2D eigenvalue weighted by Crippen LogP contribution is -2.14. The molecule has 1 fully saturated rings. The summed E-state index contributed by atoms with van der Waals surface area (Å²) in [5.74, 6) is 0.424. The number of benzene rings is 1. The number of phenols is 1. The molecular formula is C12H16BrNO. The molecule has 1 atom stereocenters. The van der Waals surface area contributed by atoms with E-state index in [2.05, 4.69) is 28.2 Å². The summed E-state index contributed by atoms with van der Waals surface area (Å²) in [5.41, 5.74) is 3.31. The van der Waals surface area contributed by atoms with Crippen molar-refractivity contribution in [3.05, 3.63) is 27.2 Å². The molecule has 1 unspecified atom stereocenters. The molecule has 2 nitrogen and oxygen atoms in total. The highest BCUT2D eigenvalue weighted by Gasteiger charge is 2.22. The predicted molar refractivity (Wildman–Crippen MR) is 65.3 cm³/mol. The summed E-state index contributed by atoms with van der Waals surface area (Å²) >= 11 is 3.57. The van der Waals surface area contributed by atoms with E-state index in [1.165, 1.54) is 6.42 Å². The van der Waals surface area contributed by atoms with Crippen molar-refractivity contribution < 1.29 is 5.11 Å². The van der Waals surface area contributed by atoms with Gasteiger partial charge in [-0.25, -0.2) is 0 Å². The van der Waals surface area contributed by atoms with E-state index in [1.807, 2.05) is 13.0 Å². The first-order chi connectivity index (χ1) is 7.11. The molecule has 0 spiro atoms. The van der Waals surface area contributed by atoms with Gasteiger partial charge >= 0.3 is 0 Å².